The molecule has 0 bridgehead atoms. The highest BCUT2D eigenvalue weighted by molar-refractivity contribution is 5.81. The van der Waals surface area contributed by atoms with Gasteiger partial charge < -0.3 is 9.47 Å². The van der Waals surface area contributed by atoms with Gasteiger partial charge in [-0.25, -0.2) is 0 Å². The maximum Gasteiger partial charge on any atom is 0.309 e. The minimum atomic E-state index is -0.698. The molecule has 1 aliphatic rings. The van der Waals surface area contributed by atoms with Crippen molar-refractivity contribution in [2.75, 3.05) is 6.67 Å². The fourth-order valence-electron chi connectivity index (χ4n) is 1.46. The molecule has 0 spiro atoms. The van der Waals surface area contributed by atoms with Gasteiger partial charge in [0.15, 0.2) is 0 Å². The minimum Gasteiger partial charge on any atom is -0.403 e. The van der Waals surface area contributed by atoms with Gasteiger partial charge in [0, 0.05) is 27.7 Å². The molecule has 8 heteroatoms. The molecule has 0 aromatic rings. The lowest BCUT2D eigenvalue weighted by Gasteiger charge is -2.17. The van der Waals surface area contributed by atoms with E-state index in [1.807, 2.05) is 0 Å². The van der Waals surface area contributed by atoms with E-state index in [0.717, 1.165) is 23.6 Å². The normalized spacial score (nSPS) is 14.5. The summed E-state index contributed by atoms with van der Waals surface area (Å²) in [4.78, 5) is 47.1. The van der Waals surface area contributed by atoms with Crippen LogP contribution in [0.2, 0.25) is 0 Å². The first-order chi connectivity index (χ1) is 8.73. The molecule has 1 rings (SSSR count). The summed E-state index contributed by atoms with van der Waals surface area (Å²) in [6, 6.07) is 0. The second-order valence-corrected chi connectivity index (χ2v) is 3.83. The van der Waals surface area contributed by atoms with Gasteiger partial charge in [-0.05, 0) is 0 Å². The van der Waals surface area contributed by atoms with E-state index < -0.39 is 23.8 Å². The van der Waals surface area contributed by atoms with Gasteiger partial charge in [-0.15, -0.1) is 0 Å². The lowest BCUT2D eigenvalue weighted by molar-refractivity contribution is -0.145. The van der Waals surface area contributed by atoms with E-state index in [1.165, 1.54) is 13.8 Å². The molecule has 0 radical (unpaired) electrons. The van der Waals surface area contributed by atoms with Gasteiger partial charge in [0.1, 0.15) is 6.67 Å². The molecule has 1 aliphatic heterocycles. The number of ether oxygens (including phenoxy) is 2. The molecule has 0 saturated carbocycles. The molecule has 8 nitrogen and oxygen atoms in total. The lowest BCUT2D eigenvalue weighted by atomic mass is 10.6. The highest BCUT2D eigenvalue weighted by Crippen LogP contribution is 2.26. The monoisotopic (exact) mass is 270 g/mol. The van der Waals surface area contributed by atoms with Gasteiger partial charge in [-0.3, -0.25) is 29.0 Å². The molecular formula is C11H14N2O6. The Balaban J connectivity index is 3.25. The van der Waals surface area contributed by atoms with Gasteiger partial charge in [0.2, 0.25) is 11.8 Å². The minimum absolute atomic E-state index is 0.171. The van der Waals surface area contributed by atoms with Crippen LogP contribution in [0, 0.1) is 0 Å². The van der Waals surface area contributed by atoms with E-state index in [1.54, 1.807) is 0 Å². The van der Waals surface area contributed by atoms with Crippen LogP contribution in [0.1, 0.15) is 27.7 Å². The van der Waals surface area contributed by atoms with Crippen LogP contribution in [-0.2, 0) is 28.7 Å². The van der Waals surface area contributed by atoms with Crippen LogP contribution >= 0.6 is 0 Å². The van der Waals surface area contributed by atoms with Gasteiger partial charge in [0.05, 0.1) is 0 Å². The van der Waals surface area contributed by atoms with Gasteiger partial charge in [-0.2, -0.15) is 0 Å². The molecular weight excluding hydrogens is 256 g/mol. The van der Waals surface area contributed by atoms with Crippen molar-refractivity contribution in [2.24, 2.45) is 0 Å². The Hall–Kier alpha value is -2.38. The first-order valence-corrected chi connectivity index (χ1v) is 5.41. The van der Waals surface area contributed by atoms with Gasteiger partial charge in [0.25, 0.3) is 11.8 Å². The van der Waals surface area contributed by atoms with E-state index in [2.05, 4.69) is 0 Å². The van der Waals surface area contributed by atoms with Crippen LogP contribution in [0.4, 0.5) is 0 Å². The molecule has 0 aromatic carbocycles. The first-order valence-electron chi connectivity index (χ1n) is 5.41. The number of amides is 2. The van der Waals surface area contributed by atoms with E-state index in [9.17, 15) is 19.2 Å². The molecule has 0 saturated heterocycles. The summed E-state index contributed by atoms with van der Waals surface area (Å²) in [6.45, 7) is 4.56. The molecule has 1 heterocycles. The van der Waals surface area contributed by atoms with Crippen LogP contribution < -0.4 is 0 Å². The van der Waals surface area contributed by atoms with Crippen molar-refractivity contribution in [3.05, 3.63) is 11.8 Å². The third kappa shape index (κ3) is 3.30. The van der Waals surface area contributed by atoms with Gasteiger partial charge in [-0.1, -0.05) is 0 Å². The number of hydrogen-bond acceptors (Lipinski definition) is 6. The van der Waals surface area contributed by atoms with Crippen LogP contribution in [0.5, 0.6) is 0 Å². The first kappa shape index (κ1) is 14.7. The predicted octanol–water partition coefficient (Wildman–Crippen LogP) is -0.0927. The zero-order valence-corrected chi connectivity index (χ0v) is 11.1. The number of carbonyl (C=O) groups excluding carboxylic acids is 4. The summed E-state index contributed by atoms with van der Waals surface area (Å²) in [7, 11) is 0. The second kappa shape index (κ2) is 5.51. The zero-order chi connectivity index (χ0) is 14.7. The van der Waals surface area contributed by atoms with Crippen molar-refractivity contribution in [3.8, 4) is 0 Å². The van der Waals surface area contributed by atoms with E-state index in [0.29, 0.717) is 0 Å². The average Bonchev–Trinajstić information content (AvgIpc) is 2.56. The maximum atomic E-state index is 11.5. The topological polar surface area (TPSA) is 93.2 Å². The highest BCUT2D eigenvalue weighted by atomic mass is 16.6. The Morgan fingerprint density at radius 2 is 1.11 bits per heavy atom. The van der Waals surface area contributed by atoms with Crippen molar-refractivity contribution < 1.29 is 28.7 Å². The number of esters is 2. The van der Waals surface area contributed by atoms with Gasteiger partial charge >= 0.3 is 11.9 Å². The van der Waals surface area contributed by atoms with Crippen LogP contribution in [0.15, 0.2) is 11.8 Å². The van der Waals surface area contributed by atoms with Crippen LogP contribution in [0.25, 0.3) is 0 Å². The van der Waals surface area contributed by atoms with Crippen molar-refractivity contribution in [1.82, 2.24) is 9.80 Å². The highest BCUT2D eigenvalue weighted by Gasteiger charge is 2.38. The lowest BCUT2D eigenvalue weighted by Crippen LogP contribution is -2.34. The Kier molecular flexibility index (Phi) is 4.26. The standard InChI is InChI=1S/C11H14N2O6/c1-6(14)12-5-13(7(2)15)11(19-9(4)17)10(12)18-8(3)16/h5H2,1-4H3. The Morgan fingerprint density at radius 3 is 1.32 bits per heavy atom. The van der Waals surface area contributed by atoms with E-state index >= 15 is 0 Å². The molecule has 104 valence electrons. The summed E-state index contributed by atoms with van der Waals surface area (Å²) in [6.07, 6.45) is 0. The largest absolute Gasteiger partial charge is 0.403 e. The number of rotatable bonds is 2. The molecule has 0 atom stereocenters. The fraction of sp³-hybridized carbons (Fsp3) is 0.455. The molecule has 2 amide bonds. The van der Waals surface area contributed by atoms with Crippen LogP contribution in [0.3, 0.4) is 0 Å². The summed E-state index contributed by atoms with van der Waals surface area (Å²) in [5.74, 6) is -2.82. The Morgan fingerprint density at radius 1 is 0.789 bits per heavy atom. The maximum absolute atomic E-state index is 11.5. The number of carbonyl (C=O) groups is 4. The molecule has 0 aliphatic carbocycles. The van der Waals surface area contributed by atoms with Crippen molar-refractivity contribution in [2.45, 2.75) is 27.7 Å². The SMILES string of the molecule is CC(=O)OC1=C(OC(C)=O)N(C(C)=O)CN1C(C)=O. The molecule has 19 heavy (non-hydrogen) atoms. The molecule has 0 fully saturated rings. The Labute approximate surface area is 109 Å². The molecule has 0 aromatic heterocycles. The molecule has 0 unspecified atom stereocenters. The predicted molar refractivity (Wildman–Crippen MR) is 60.5 cm³/mol. The summed E-state index contributed by atoms with van der Waals surface area (Å²) in [5.41, 5.74) is 0. The van der Waals surface area contributed by atoms with Crippen molar-refractivity contribution in [3.63, 3.8) is 0 Å². The van der Waals surface area contributed by atoms with E-state index in [-0.39, 0.29) is 18.4 Å². The van der Waals surface area contributed by atoms with E-state index in [4.69, 9.17) is 9.47 Å². The number of hydrogen-bond donors (Lipinski definition) is 0. The summed E-state index contributed by atoms with van der Waals surface area (Å²) in [5, 5.41) is 0. The third-order valence-electron chi connectivity index (χ3n) is 2.20. The average molecular weight is 270 g/mol. The second-order valence-electron chi connectivity index (χ2n) is 3.83. The summed E-state index contributed by atoms with van der Waals surface area (Å²) >= 11 is 0. The third-order valence-corrected chi connectivity index (χ3v) is 2.20. The number of nitrogens with zero attached hydrogens (tertiary/aromatic N) is 2. The quantitative estimate of drug-likeness (QED) is 0.651. The molecule has 0 N–H and O–H groups in total. The Bertz CT molecular complexity index is 440. The van der Waals surface area contributed by atoms with Crippen LogP contribution in [-0.4, -0.2) is 40.2 Å². The zero-order valence-electron chi connectivity index (χ0n) is 11.1. The fourth-order valence-corrected chi connectivity index (χ4v) is 1.46. The summed E-state index contributed by atoms with van der Waals surface area (Å²) < 4.78 is 9.71. The van der Waals surface area contributed by atoms with Crippen molar-refractivity contribution in [1.29, 1.82) is 0 Å². The van der Waals surface area contributed by atoms with Crippen molar-refractivity contribution >= 4 is 23.8 Å². The smallest absolute Gasteiger partial charge is 0.309 e.